The van der Waals surface area contributed by atoms with Gasteiger partial charge in [-0.25, -0.2) is 5.43 Å². The number of amides is 2. The molecule has 2 rings (SSSR count). The van der Waals surface area contributed by atoms with Crippen LogP contribution in [0.3, 0.4) is 0 Å². The van der Waals surface area contributed by atoms with E-state index in [0.717, 1.165) is 30.6 Å². The number of hydrogen-bond donors (Lipinski definition) is 2. The zero-order valence-electron chi connectivity index (χ0n) is 14.7. The second-order valence-corrected chi connectivity index (χ2v) is 5.59. The van der Waals surface area contributed by atoms with E-state index in [9.17, 15) is 9.59 Å². The standard InChI is InChI=1S/C19H23N3O4/c1-2-3-4-11-25-16-9-7-15(8-10-16)13-21-22-19(24)18(23)20-14-17-6-5-12-26-17/h5-10,12-13H,2-4,11,14H2,1H3,(H,20,23)(H,22,24)/b21-13+. The van der Waals surface area contributed by atoms with Gasteiger partial charge in [0.2, 0.25) is 0 Å². The van der Waals surface area contributed by atoms with E-state index in [1.54, 1.807) is 12.1 Å². The van der Waals surface area contributed by atoms with Gasteiger partial charge in [-0.15, -0.1) is 0 Å². The van der Waals surface area contributed by atoms with Crippen LogP contribution in [-0.2, 0) is 16.1 Å². The molecule has 1 aromatic heterocycles. The molecule has 0 aliphatic rings. The minimum absolute atomic E-state index is 0.142. The van der Waals surface area contributed by atoms with Crippen LogP contribution in [0.4, 0.5) is 0 Å². The molecule has 0 saturated heterocycles. The highest BCUT2D eigenvalue weighted by molar-refractivity contribution is 6.35. The lowest BCUT2D eigenvalue weighted by atomic mass is 10.2. The van der Waals surface area contributed by atoms with Gasteiger partial charge in [-0.2, -0.15) is 5.10 Å². The van der Waals surface area contributed by atoms with Crippen molar-refractivity contribution >= 4 is 18.0 Å². The van der Waals surface area contributed by atoms with Gasteiger partial charge < -0.3 is 14.5 Å². The number of benzene rings is 1. The molecule has 7 heteroatoms. The maximum absolute atomic E-state index is 11.6. The van der Waals surface area contributed by atoms with E-state index in [2.05, 4.69) is 22.8 Å². The van der Waals surface area contributed by atoms with E-state index in [-0.39, 0.29) is 6.54 Å². The molecule has 2 amide bonds. The van der Waals surface area contributed by atoms with Crippen molar-refractivity contribution in [3.05, 3.63) is 54.0 Å². The zero-order chi connectivity index (χ0) is 18.6. The van der Waals surface area contributed by atoms with Crippen LogP contribution in [0.2, 0.25) is 0 Å². The first-order valence-corrected chi connectivity index (χ1v) is 8.55. The minimum Gasteiger partial charge on any atom is -0.494 e. The monoisotopic (exact) mass is 357 g/mol. The molecule has 2 aromatic rings. The van der Waals surface area contributed by atoms with Gasteiger partial charge in [0.15, 0.2) is 0 Å². The average Bonchev–Trinajstić information content (AvgIpc) is 3.18. The number of nitrogens with one attached hydrogen (secondary N) is 2. The van der Waals surface area contributed by atoms with E-state index in [0.29, 0.717) is 12.4 Å². The first-order valence-electron chi connectivity index (χ1n) is 8.55. The maximum atomic E-state index is 11.6. The number of hydrogen-bond acceptors (Lipinski definition) is 5. The Morgan fingerprint density at radius 2 is 1.96 bits per heavy atom. The number of ether oxygens (including phenoxy) is 1. The van der Waals surface area contributed by atoms with Gasteiger partial charge in [0, 0.05) is 0 Å². The third-order valence-corrected chi connectivity index (χ3v) is 3.49. The van der Waals surface area contributed by atoms with Gasteiger partial charge in [0.25, 0.3) is 0 Å². The first-order chi connectivity index (χ1) is 12.7. The SMILES string of the molecule is CCCCCOc1ccc(/C=N/NC(=O)C(=O)NCc2ccco2)cc1. The highest BCUT2D eigenvalue weighted by Crippen LogP contribution is 2.11. The van der Waals surface area contributed by atoms with Gasteiger partial charge in [0.05, 0.1) is 25.6 Å². The van der Waals surface area contributed by atoms with Gasteiger partial charge in [-0.3, -0.25) is 9.59 Å². The molecular formula is C19H23N3O4. The minimum atomic E-state index is -0.844. The van der Waals surface area contributed by atoms with Crippen LogP contribution >= 0.6 is 0 Å². The summed E-state index contributed by atoms with van der Waals surface area (Å²) in [5.74, 6) is -0.274. The first kappa shape index (κ1) is 19.2. The van der Waals surface area contributed by atoms with Crippen molar-refractivity contribution in [2.75, 3.05) is 6.61 Å². The van der Waals surface area contributed by atoms with Crippen molar-refractivity contribution in [2.24, 2.45) is 5.10 Å². The topological polar surface area (TPSA) is 92.9 Å². The lowest BCUT2D eigenvalue weighted by molar-refractivity contribution is -0.139. The molecule has 138 valence electrons. The fourth-order valence-electron chi connectivity index (χ4n) is 2.07. The fourth-order valence-corrected chi connectivity index (χ4v) is 2.07. The van der Waals surface area contributed by atoms with Crippen molar-refractivity contribution in [1.82, 2.24) is 10.7 Å². The summed E-state index contributed by atoms with van der Waals surface area (Å²) >= 11 is 0. The van der Waals surface area contributed by atoms with Crippen LogP contribution in [0.5, 0.6) is 5.75 Å². The number of rotatable bonds is 9. The third-order valence-electron chi connectivity index (χ3n) is 3.49. The number of nitrogens with zero attached hydrogens (tertiary/aromatic N) is 1. The molecule has 2 N–H and O–H groups in total. The van der Waals surface area contributed by atoms with Gasteiger partial charge in [0.1, 0.15) is 11.5 Å². The summed E-state index contributed by atoms with van der Waals surface area (Å²) in [7, 11) is 0. The van der Waals surface area contributed by atoms with Crippen LogP contribution in [0, 0.1) is 0 Å². The summed E-state index contributed by atoms with van der Waals surface area (Å²) in [4.78, 5) is 23.2. The Kier molecular flexibility index (Phi) is 7.92. The Labute approximate surface area is 152 Å². The maximum Gasteiger partial charge on any atom is 0.329 e. The summed E-state index contributed by atoms with van der Waals surface area (Å²) in [5.41, 5.74) is 2.96. The highest BCUT2D eigenvalue weighted by atomic mass is 16.5. The number of carbonyl (C=O) groups is 2. The molecule has 26 heavy (non-hydrogen) atoms. The predicted molar refractivity (Wildman–Crippen MR) is 97.8 cm³/mol. The van der Waals surface area contributed by atoms with Gasteiger partial charge in [-0.1, -0.05) is 19.8 Å². The second kappa shape index (κ2) is 10.7. The third kappa shape index (κ3) is 6.80. The molecular weight excluding hydrogens is 334 g/mol. The van der Waals surface area contributed by atoms with Crippen LogP contribution in [0.1, 0.15) is 37.5 Å². The molecule has 0 spiro atoms. The predicted octanol–water partition coefficient (Wildman–Crippen LogP) is 2.62. The molecule has 7 nitrogen and oxygen atoms in total. The normalized spacial score (nSPS) is 10.7. The van der Waals surface area contributed by atoms with Crippen molar-refractivity contribution in [3.63, 3.8) is 0 Å². The summed E-state index contributed by atoms with van der Waals surface area (Å²) in [5, 5.41) is 6.21. The second-order valence-electron chi connectivity index (χ2n) is 5.59. The fraction of sp³-hybridized carbons (Fsp3) is 0.316. The molecule has 0 aliphatic heterocycles. The Morgan fingerprint density at radius 1 is 1.15 bits per heavy atom. The summed E-state index contributed by atoms with van der Waals surface area (Å²) in [6.45, 7) is 2.99. The molecule has 0 unspecified atom stereocenters. The van der Waals surface area contributed by atoms with E-state index >= 15 is 0 Å². The Balaban J connectivity index is 1.71. The van der Waals surface area contributed by atoms with E-state index in [4.69, 9.17) is 9.15 Å². The highest BCUT2D eigenvalue weighted by Gasteiger charge is 2.12. The summed E-state index contributed by atoms with van der Waals surface area (Å²) in [6, 6.07) is 10.7. The molecule has 0 atom stereocenters. The molecule has 0 saturated carbocycles. The van der Waals surface area contributed by atoms with Gasteiger partial charge in [-0.05, 0) is 48.4 Å². The number of unbranched alkanes of at least 4 members (excludes halogenated alkanes) is 2. The van der Waals surface area contributed by atoms with E-state index in [1.807, 2.05) is 24.3 Å². The van der Waals surface area contributed by atoms with Crippen molar-refractivity contribution in [1.29, 1.82) is 0 Å². The Bertz CT molecular complexity index is 709. The number of carbonyl (C=O) groups excluding carboxylic acids is 2. The molecule has 0 radical (unpaired) electrons. The summed E-state index contributed by atoms with van der Waals surface area (Å²) in [6.07, 6.45) is 6.30. The molecule has 0 aliphatic carbocycles. The van der Waals surface area contributed by atoms with Crippen LogP contribution < -0.4 is 15.5 Å². The van der Waals surface area contributed by atoms with Gasteiger partial charge >= 0.3 is 11.8 Å². The molecule has 0 fully saturated rings. The van der Waals surface area contributed by atoms with Crippen molar-refractivity contribution in [3.8, 4) is 5.75 Å². The van der Waals surface area contributed by atoms with Crippen LogP contribution in [0.25, 0.3) is 0 Å². The van der Waals surface area contributed by atoms with E-state index < -0.39 is 11.8 Å². The van der Waals surface area contributed by atoms with Crippen molar-refractivity contribution < 1.29 is 18.7 Å². The van der Waals surface area contributed by atoms with Crippen LogP contribution in [0.15, 0.2) is 52.2 Å². The average molecular weight is 357 g/mol. The molecule has 1 aromatic carbocycles. The molecule has 1 heterocycles. The quantitative estimate of drug-likeness (QED) is 0.312. The zero-order valence-corrected chi connectivity index (χ0v) is 14.7. The van der Waals surface area contributed by atoms with Crippen molar-refractivity contribution in [2.45, 2.75) is 32.7 Å². The molecule has 0 bridgehead atoms. The lowest BCUT2D eigenvalue weighted by Crippen LogP contribution is -2.37. The summed E-state index contributed by atoms with van der Waals surface area (Å²) < 4.78 is 10.7. The largest absolute Gasteiger partial charge is 0.494 e. The number of furan rings is 1. The smallest absolute Gasteiger partial charge is 0.329 e. The van der Waals surface area contributed by atoms with Crippen LogP contribution in [-0.4, -0.2) is 24.6 Å². The Hall–Kier alpha value is -3.09. The number of hydrazone groups is 1. The Morgan fingerprint density at radius 3 is 2.65 bits per heavy atom. The van der Waals surface area contributed by atoms with E-state index in [1.165, 1.54) is 12.5 Å². The lowest BCUT2D eigenvalue weighted by Gasteiger charge is -2.05.